The molecule has 0 aliphatic carbocycles. The molecular formula is C11H15N3O3S. The van der Waals surface area contributed by atoms with Crippen molar-refractivity contribution in [3.63, 3.8) is 0 Å². The number of aliphatic hydroxyl groups excluding tert-OH is 1. The van der Waals surface area contributed by atoms with E-state index in [4.69, 9.17) is 0 Å². The second-order valence-electron chi connectivity index (χ2n) is 4.58. The van der Waals surface area contributed by atoms with Crippen LogP contribution in [0.3, 0.4) is 0 Å². The first-order chi connectivity index (χ1) is 8.44. The van der Waals surface area contributed by atoms with Gasteiger partial charge >= 0.3 is 0 Å². The summed E-state index contributed by atoms with van der Waals surface area (Å²) in [7, 11) is -3.23. The molecule has 1 aromatic heterocycles. The van der Waals surface area contributed by atoms with Gasteiger partial charge in [0.2, 0.25) is 0 Å². The fourth-order valence-electron chi connectivity index (χ4n) is 2.36. The molecule has 7 heteroatoms. The Morgan fingerprint density at radius 2 is 2.44 bits per heavy atom. The molecular weight excluding hydrogens is 254 g/mol. The van der Waals surface area contributed by atoms with Crippen LogP contribution in [-0.4, -0.2) is 34.8 Å². The predicted molar refractivity (Wildman–Crippen MR) is 64.2 cm³/mol. The van der Waals surface area contributed by atoms with Crippen LogP contribution < -0.4 is 0 Å². The van der Waals surface area contributed by atoms with Gasteiger partial charge in [0.15, 0.2) is 9.84 Å². The highest BCUT2D eigenvalue weighted by molar-refractivity contribution is 7.91. The zero-order chi connectivity index (χ0) is 13.4. The molecule has 2 heterocycles. The first-order valence-electron chi connectivity index (χ1n) is 5.75. The maximum Gasteiger partial charge on any atom is 0.152 e. The molecule has 1 N–H and O–H groups in total. The van der Waals surface area contributed by atoms with E-state index < -0.39 is 21.4 Å². The van der Waals surface area contributed by atoms with Gasteiger partial charge in [-0.2, -0.15) is 10.4 Å². The summed E-state index contributed by atoms with van der Waals surface area (Å²) in [5, 5.41) is 23.7. The fourth-order valence-corrected chi connectivity index (χ4v) is 4.33. The van der Waals surface area contributed by atoms with Crippen molar-refractivity contribution in [3.8, 4) is 6.07 Å². The van der Waals surface area contributed by atoms with Gasteiger partial charge in [-0.15, -0.1) is 0 Å². The van der Waals surface area contributed by atoms with Gasteiger partial charge in [0.1, 0.15) is 11.5 Å². The van der Waals surface area contributed by atoms with Crippen LogP contribution in [-0.2, 0) is 16.4 Å². The lowest BCUT2D eigenvalue weighted by atomic mass is 9.81. The van der Waals surface area contributed by atoms with Crippen LogP contribution >= 0.6 is 0 Å². The zero-order valence-electron chi connectivity index (χ0n) is 10.1. The summed E-state index contributed by atoms with van der Waals surface area (Å²) in [6.45, 7) is 2.43. The van der Waals surface area contributed by atoms with Crippen molar-refractivity contribution in [1.82, 2.24) is 9.78 Å². The minimum Gasteiger partial charge on any atom is -0.385 e. The highest BCUT2D eigenvalue weighted by atomic mass is 32.2. The quantitative estimate of drug-likeness (QED) is 0.849. The third-order valence-corrected chi connectivity index (χ3v) is 5.19. The molecule has 0 spiro atoms. The number of rotatable bonds is 3. The Hall–Kier alpha value is -1.39. The summed E-state index contributed by atoms with van der Waals surface area (Å²) in [4.78, 5) is 0. The summed E-state index contributed by atoms with van der Waals surface area (Å²) in [6.07, 6.45) is 0.584. The minimum atomic E-state index is -3.23. The van der Waals surface area contributed by atoms with Gasteiger partial charge < -0.3 is 5.11 Å². The van der Waals surface area contributed by atoms with E-state index in [0.717, 1.165) is 0 Å². The van der Waals surface area contributed by atoms with Gasteiger partial charge in [-0.3, -0.25) is 4.68 Å². The number of aromatic nitrogens is 2. The van der Waals surface area contributed by atoms with Gasteiger partial charge in [-0.25, -0.2) is 8.42 Å². The second kappa shape index (κ2) is 4.37. The Morgan fingerprint density at radius 3 is 2.94 bits per heavy atom. The maximum atomic E-state index is 11.5. The topological polar surface area (TPSA) is 96.0 Å². The van der Waals surface area contributed by atoms with Gasteiger partial charge in [0.25, 0.3) is 0 Å². The molecule has 6 nitrogen and oxygen atoms in total. The fraction of sp³-hybridized carbons (Fsp3) is 0.636. The summed E-state index contributed by atoms with van der Waals surface area (Å²) in [5.41, 5.74) is -0.748. The lowest BCUT2D eigenvalue weighted by Crippen LogP contribution is -2.30. The normalized spacial score (nSPS) is 27.8. The molecule has 1 aromatic rings. The molecule has 98 valence electrons. The number of nitrogens with zero attached hydrogens (tertiary/aromatic N) is 3. The summed E-state index contributed by atoms with van der Waals surface area (Å²) in [6, 6.07) is 3.63. The SMILES string of the molecule is CCn1nccc1C(O)C1(C#N)CCS(=O)(=O)C1. The van der Waals surface area contributed by atoms with Crippen LogP contribution in [0.25, 0.3) is 0 Å². The monoisotopic (exact) mass is 269 g/mol. The van der Waals surface area contributed by atoms with E-state index in [2.05, 4.69) is 5.10 Å². The van der Waals surface area contributed by atoms with Gasteiger partial charge in [0.05, 0.1) is 23.3 Å². The van der Waals surface area contributed by atoms with Gasteiger partial charge in [0, 0.05) is 12.7 Å². The van der Waals surface area contributed by atoms with E-state index in [1.54, 1.807) is 10.7 Å². The second-order valence-corrected chi connectivity index (χ2v) is 6.77. The average Bonchev–Trinajstić information content (AvgIpc) is 2.92. The van der Waals surface area contributed by atoms with E-state index in [1.807, 2.05) is 13.0 Å². The standard InChI is InChI=1S/C11H15N3O3S/c1-2-14-9(3-5-13-14)10(15)11(7-12)4-6-18(16,17)8-11/h3,5,10,15H,2,4,6,8H2,1H3. The molecule has 0 saturated carbocycles. The lowest BCUT2D eigenvalue weighted by molar-refractivity contribution is 0.0709. The van der Waals surface area contributed by atoms with Crippen LogP contribution in [0.1, 0.15) is 25.1 Å². The molecule has 2 unspecified atom stereocenters. The maximum absolute atomic E-state index is 11.5. The molecule has 0 radical (unpaired) electrons. The molecule has 0 bridgehead atoms. The Labute approximate surface area is 106 Å². The van der Waals surface area contributed by atoms with Gasteiger partial charge in [-0.05, 0) is 19.4 Å². The molecule has 1 fully saturated rings. The van der Waals surface area contributed by atoms with Crippen molar-refractivity contribution < 1.29 is 13.5 Å². The average molecular weight is 269 g/mol. The van der Waals surface area contributed by atoms with E-state index in [1.165, 1.54) is 6.20 Å². The van der Waals surface area contributed by atoms with E-state index in [9.17, 15) is 18.8 Å². The number of sulfone groups is 1. The number of aliphatic hydroxyl groups is 1. The van der Waals surface area contributed by atoms with Crippen molar-refractivity contribution in [3.05, 3.63) is 18.0 Å². The third kappa shape index (κ3) is 2.02. The Balaban J connectivity index is 2.39. The van der Waals surface area contributed by atoms with Gasteiger partial charge in [-0.1, -0.05) is 0 Å². The lowest BCUT2D eigenvalue weighted by Gasteiger charge is -2.26. The Kier molecular flexibility index (Phi) is 3.17. The molecule has 1 aliphatic heterocycles. The zero-order valence-corrected chi connectivity index (χ0v) is 10.9. The number of hydrogen-bond acceptors (Lipinski definition) is 5. The largest absolute Gasteiger partial charge is 0.385 e. The van der Waals surface area contributed by atoms with E-state index in [0.29, 0.717) is 12.2 Å². The van der Waals surface area contributed by atoms with E-state index in [-0.39, 0.29) is 17.9 Å². The number of nitriles is 1. The summed E-state index contributed by atoms with van der Waals surface area (Å²) in [5.74, 6) is -0.329. The van der Waals surface area contributed by atoms with Crippen molar-refractivity contribution in [2.45, 2.75) is 26.0 Å². The molecule has 1 saturated heterocycles. The number of hydrogen-bond donors (Lipinski definition) is 1. The molecule has 18 heavy (non-hydrogen) atoms. The first-order valence-corrected chi connectivity index (χ1v) is 7.58. The molecule has 0 amide bonds. The smallest absolute Gasteiger partial charge is 0.152 e. The minimum absolute atomic E-state index is 0.0438. The summed E-state index contributed by atoms with van der Waals surface area (Å²) < 4.78 is 24.7. The Morgan fingerprint density at radius 1 is 1.72 bits per heavy atom. The molecule has 2 rings (SSSR count). The van der Waals surface area contributed by atoms with E-state index >= 15 is 0 Å². The van der Waals surface area contributed by atoms with Crippen LogP contribution in [0.2, 0.25) is 0 Å². The van der Waals surface area contributed by atoms with Crippen molar-refractivity contribution >= 4 is 9.84 Å². The predicted octanol–water partition coefficient (Wildman–Crippen LogP) is 0.265. The highest BCUT2D eigenvalue weighted by Crippen LogP contribution is 2.42. The van der Waals surface area contributed by atoms with Crippen molar-refractivity contribution in [2.24, 2.45) is 5.41 Å². The van der Waals surface area contributed by atoms with Crippen LogP contribution in [0.4, 0.5) is 0 Å². The Bertz CT molecular complexity index is 587. The van der Waals surface area contributed by atoms with Crippen LogP contribution in [0.15, 0.2) is 12.3 Å². The first kappa shape index (κ1) is 13.1. The van der Waals surface area contributed by atoms with Crippen molar-refractivity contribution in [2.75, 3.05) is 11.5 Å². The molecule has 2 atom stereocenters. The van der Waals surface area contributed by atoms with Crippen molar-refractivity contribution in [1.29, 1.82) is 5.26 Å². The molecule has 1 aliphatic rings. The van der Waals surface area contributed by atoms with Crippen LogP contribution in [0.5, 0.6) is 0 Å². The third-order valence-electron chi connectivity index (χ3n) is 3.41. The number of aryl methyl sites for hydroxylation is 1. The molecule has 0 aromatic carbocycles. The van der Waals surface area contributed by atoms with Crippen LogP contribution in [0, 0.1) is 16.7 Å². The highest BCUT2D eigenvalue weighted by Gasteiger charge is 2.49. The summed E-state index contributed by atoms with van der Waals surface area (Å²) >= 11 is 0.